The lowest BCUT2D eigenvalue weighted by atomic mass is 9.97. The molecule has 4 rings (SSSR count). The zero-order valence-electron chi connectivity index (χ0n) is 15.4. The van der Waals surface area contributed by atoms with E-state index in [4.69, 9.17) is 5.11 Å². The summed E-state index contributed by atoms with van der Waals surface area (Å²) in [4.78, 5) is 6.43. The molecule has 0 fully saturated rings. The minimum Gasteiger partial charge on any atom is -0.508 e. The van der Waals surface area contributed by atoms with Gasteiger partial charge in [-0.05, 0) is 67.6 Å². The second kappa shape index (κ2) is 7.06. The van der Waals surface area contributed by atoms with Crippen molar-refractivity contribution >= 4 is 21.8 Å². The number of phenols is 1. The summed E-state index contributed by atoms with van der Waals surface area (Å²) in [5.41, 5.74) is 6.27. The van der Waals surface area contributed by atoms with Crippen molar-refractivity contribution in [2.24, 2.45) is 0 Å². The molecule has 0 aliphatic rings. The molecule has 0 saturated carbocycles. The van der Waals surface area contributed by atoms with Gasteiger partial charge in [0.1, 0.15) is 5.75 Å². The second-order valence-corrected chi connectivity index (χ2v) is 6.80. The minimum atomic E-state index is 0.320. The van der Waals surface area contributed by atoms with Crippen molar-refractivity contribution in [3.8, 4) is 5.75 Å². The number of aryl methyl sites for hydroxylation is 2. The van der Waals surface area contributed by atoms with Crippen LogP contribution in [0.1, 0.15) is 42.9 Å². The second-order valence-electron chi connectivity index (χ2n) is 6.80. The molecule has 1 atom stereocenters. The molecule has 0 bridgehead atoms. The molecule has 25 heavy (non-hydrogen) atoms. The molecule has 2 aromatic carbocycles. The highest BCUT2D eigenvalue weighted by molar-refractivity contribution is 5.85. The standard InChI is InChI=1S/C13H17N.C9H9NO/c1-4-10(3)12-8-14-13-6-5-9(2)7-11(12)13;1-6-5-10-9-3-2-7(11)4-8(6)9/h5-8,10,14H,4H2,1-3H3;2-5,10-11H,1H3. The number of hydrogen-bond donors (Lipinski definition) is 3. The molecular formula is C22H26N2O. The van der Waals surface area contributed by atoms with Crippen molar-refractivity contribution in [2.45, 2.75) is 40.0 Å². The van der Waals surface area contributed by atoms with Crippen molar-refractivity contribution in [3.63, 3.8) is 0 Å². The maximum Gasteiger partial charge on any atom is 0.116 e. The van der Waals surface area contributed by atoms with Gasteiger partial charge in [0.2, 0.25) is 0 Å². The first kappa shape index (κ1) is 17.2. The highest BCUT2D eigenvalue weighted by Gasteiger charge is 2.09. The molecule has 1 unspecified atom stereocenters. The zero-order valence-corrected chi connectivity index (χ0v) is 15.4. The number of rotatable bonds is 2. The van der Waals surface area contributed by atoms with Gasteiger partial charge in [0, 0.05) is 34.2 Å². The van der Waals surface area contributed by atoms with E-state index < -0.39 is 0 Å². The Morgan fingerprint density at radius 1 is 0.920 bits per heavy atom. The van der Waals surface area contributed by atoms with E-state index in [1.807, 2.05) is 19.2 Å². The fraction of sp³-hybridized carbons (Fsp3) is 0.273. The molecule has 0 spiro atoms. The molecular weight excluding hydrogens is 308 g/mol. The van der Waals surface area contributed by atoms with Crippen molar-refractivity contribution in [1.82, 2.24) is 9.97 Å². The monoisotopic (exact) mass is 334 g/mol. The first-order valence-corrected chi connectivity index (χ1v) is 8.84. The number of hydrogen-bond acceptors (Lipinski definition) is 1. The summed E-state index contributed by atoms with van der Waals surface area (Å²) in [5, 5.41) is 11.6. The van der Waals surface area contributed by atoms with Crippen LogP contribution in [0, 0.1) is 13.8 Å². The average molecular weight is 334 g/mol. The first-order chi connectivity index (χ1) is 12.0. The van der Waals surface area contributed by atoms with Crippen LogP contribution in [-0.2, 0) is 0 Å². The predicted molar refractivity (Wildman–Crippen MR) is 106 cm³/mol. The van der Waals surface area contributed by atoms with Crippen LogP contribution in [-0.4, -0.2) is 15.1 Å². The van der Waals surface area contributed by atoms with Crippen LogP contribution >= 0.6 is 0 Å². The SMILES string of the molecule is CCC(C)c1c[nH]c2ccc(C)cc12.Cc1c[nH]c2ccc(O)cc12. The van der Waals surface area contributed by atoms with Gasteiger partial charge in [0.05, 0.1) is 0 Å². The maximum absolute atomic E-state index is 9.16. The lowest BCUT2D eigenvalue weighted by Crippen LogP contribution is -1.88. The van der Waals surface area contributed by atoms with E-state index in [0.29, 0.717) is 11.7 Å². The minimum absolute atomic E-state index is 0.320. The van der Waals surface area contributed by atoms with E-state index in [-0.39, 0.29) is 0 Å². The highest BCUT2D eigenvalue weighted by atomic mass is 16.3. The Hall–Kier alpha value is -2.68. The number of aromatic amines is 2. The molecule has 0 radical (unpaired) electrons. The van der Waals surface area contributed by atoms with Crippen LogP contribution in [0.15, 0.2) is 48.8 Å². The summed E-state index contributed by atoms with van der Waals surface area (Å²) in [5.74, 6) is 0.964. The Bertz CT molecular complexity index is 994. The number of fused-ring (bicyclic) bond motifs is 2. The lowest BCUT2D eigenvalue weighted by Gasteiger charge is -2.06. The van der Waals surface area contributed by atoms with E-state index in [1.165, 1.54) is 28.5 Å². The highest BCUT2D eigenvalue weighted by Crippen LogP contribution is 2.27. The Balaban J connectivity index is 0.000000150. The Kier molecular flexibility index (Phi) is 4.84. The Morgan fingerprint density at radius 3 is 2.36 bits per heavy atom. The average Bonchev–Trinajstić information content (AvgIpc) is 3.18. The van der Waals surface area contributed by atoms with E-state index in [9.17, 15) is 0 Å². The summed E-state index contributed by atoms with van der Waals surface area (Å²) in [6.45, 7) is 8.68. The third-order valence-corrected chi connectivity index (χ3v) is 4.88. The molecule has 0 aliphatic heterocycles. The third-order valence-electron chi connectivity index (χ3n) is 4.88. The third kappa shape index (κ3) is 3.55. The summed E-state index contributed by atoms with van der Waals surface area (Å²) in [6, 6.07) is 11.9. The van der Waals surface area contributed by atoms with E-state index in [0.717, 1.165) is 16.5 Å². The van der Waals surface area contributed by atoms with E-state index in [1.54, 1.807) is 12.1 Å². The van der Waals surface area contributed by atoms with E-state index >= 15 is 0 Å². The Morgan fingerprint density at radius 2 is 1.60 bits per heavy atom. The molecule has 3 N–H and O–H groups in total. The summed E-state index contributed by atoms with van der Waals surface area (Å²) in [6.07, 6.45) is 5.28. The molecule has 2 aromatic heterocycles. The topological polar surface area (TPSA) is 51.8 Å². The van der Waals surface area contributed by atoms with Crippen LogP contribution in [0.2, 0.25) is 0 Å². The summed E-state index contributed by atoms with van der Waals surface area (Å²) >= 11 is 0. The summed E-state index contributed by atoms with van der Waals surface area (Å²) < 4.78 is 0. The molecule has 0 saturated heterocycles. The normalized spacial score (nSPS) is 12.2. The zero-order chi connectivity index (χ0) is 18.0. The fourth-order valence-corrected chi connectivity index (χ4v) is 3.13. The van der Waals surface area contributed by atoms with Gasteiger partial charge in [-0.1, -0.05) is 25.5 Å². The van der Waals surface area contributed by atoms with Crippen LogP contribution < -0.4 is 0 Å². The smallest absolute Gasteiger partial charge is 0.116 e. The van der Waals surface area contributed by atoms with Crippen molar-refractivity contribution < 1.29 is 5.11 Å². The molecule has 4 aromatic rings. The van der Waals surface area contributed by atoms with Gasteiger partial charge in [-0.2, -0.15) is 0 Å². The number of benzene rings is 2. The predicted octanol–water partition coefficient (Wildman–Crippen LogP) is 6.17. The van der Waals surface area contributed by atoms with Gasteiger partial charge in [-0.25, -0.2) is 0 Å². The summed E-state index contributed by atoms with van der Waals surface area (Å²) in [7, 11) is 0. The molecule has 0 amide bonds. The number of phenolic OH excluding ortho intramolecular Hbond substituents is 1. The Labute approximate surface area is 148 Å². The lowest BCUT2D eigenvalue weighted by molar-refractivity contribution is 0.476. The van der Waals surface area contributed by atoms with Gasteiger partial charge in [0.25, 0.3) is 0 Å². The van der Waals surface area contributed by atoms with Gasteiger partial charge >= 0.3 is 0 Å². The number of H-pyrrole nitrogens is 2. The van der Waals surface area contributed by atoms with Gasteiger partial charge < -0.3 is 15.1 Å². The number of nitrogens with one attached hydrogen (secondary N) is 2. The van der Waals surface area contributed by atoms with E-state index in [2.05, 4.69) is 55.1 Å². The molecule has 0 aliphatic carbocycles. The first-order valence-electron chi connectivity index (χ1n) is 8.84. The van der Waals surface area contributed by atoms with Gasteiger partial charge in [-0.3, -0.25) is 0 Å². The quantitative estimate of drug-likeness (QED) is 0.403. The molecule has 3 heteroatoms. The van der Waals surface area contributed by atoms with Crippen LogP contribution in [0.5, 0.6) is 5.75 Å². The van der Waals surface area contributed by atoms with Crippen molar-refractivity contribution in [3.05, 3.63) is 65.5 Å². The van der Waals surface area contributed by atoms with Gasteiger partial charge in [-0.15, -0.1) is 0 Å². The van der Waals surface area contributed by atoms with Crippen LogP contribution in [0.4, 0.5) is 0 Å². The molecule has 2 heterocycles. The number of aromatic hydroxyl groups is 1. The largest absolute Gasteiger partial charge is 0.508 e. The van der Waals surface area contributed by atoms with Gasteiger partial charge in [0.15, 0.2) is 0 Å². The molecule has 3 nitrogen and oxygen atoms in total. The maximum atomic E-state index is 9.16. The fourth-order valence-electron chi connectivity index (χ4n) is 3.13. The van der Waals surface area contributed by atoms with Crippen LogP contribution in [0.25, 0.3) is 21.8 Å². The van der Waals surface area contributed by atoms with Crippen molar-refractivity contribution in [2.75, 3.05) is 0 Å². The van der Waals surface area contributed by atoms with Crippen LogP contribution in [0.3, 0.4) is 0 Å². The number of aromatic nitrogens is 2. The molecule has 130 valence electrons. The van der Waals surface area contributed by atoms with Crippen molar-refractivity contribution in [1.29, 1.82) is 0 Å².